The largest absolute Gasteiger partial charge is 0.504 e. The maximum absolute atomic E-state index is 10.2. The van der Waals surface area contributed by atoms with E-state index in [9.17, 15) is 10.1 Å². The number of nitrogens with zero attached hydrogens (tertiary/aromatic N) is 1. The summed E-state index contributed by atoms with van der Waals surface area (Å²) in [7, 11) is 1.38. The van der Waals surface area contributed by atoms with Crippen LogP contribution in [-0.2, 0) is 0 Å². The fourth-order valence-corrected chi connectivity index (χ4v) is 0.792. The molecular formula is C7H8ClNO4. The smallest absolute Gasteiger partial charge is 0.273 e. The average Bonchev–Trinajstić information content (AvgIpc) is 2.04. The number of phenolic OH excluding ortho intramolecular Hbond substituents is 1. The molecule has 0 aliphatic rings. The summed E-state index contributed by atoms with van der Waals surface area (Å²) in [6.45, 7) is 0. The number of nitro benzene ring substituents is 1. The predicted molar refractivity (Wildman–Crippen MR) is 48.6 cm³/mol. The van der Waals surface area contributed by atoms with Crippen molar-refractivity contribution >= 4 is 18.1 Å². The number of ether oxygens (including phenoxy) is 1. The van der Waals surface area contributed by atoms with Crippen LogP contribution in [0.3, 0.4) is 0 Å². The second kappa shape index (κ2) is 4.51. The summed E-state index contributed by atoms with van der Waals surface area (Å²) < 4.78 is 4.71. The van der Waals surface area contributed by atoms with E-state index >= 15 is 0 Å². The minimum Gasteiger partial charge on any atom is -0.504 e. The Labute approximate surface area is 80.5 Å². The monoisotopic (exact) mass is 205 g/mol. The minimum atomic E-state index is -0.584. The summed E-state index contributed by atoms with van der Waals surface area (Å²) in [5.41, 5.74) is -0.159. The standard InChI is InChI=1S/C7H7NO4.ClH/c1-12-7-3-2-5(8(10)11)4-6(7)9;/h2-4,9H,1H3;1H. The Morgan fingerprint density at radius 2 is 2.15 bits per heavy atom. The summed E-state index contributed by atoms with van der Waals surface area (Å²) in [5.74, 6) is -0.00713. The van der Waals surface area contributed by atoms with Crippen molar-refractivity contribution in [1.29, 1.82) is 0 Å². The SMILES string of the molecule is COc1ccc([N+](=O)[O-])cc1O.Cl. The summed E-state index contributed by atoms with van der Waals surface area (Å²) in [4.78, 5) is 9.62. The summed E-state index contributed by atoms with van der Waals surface area (Å²) >= 11 is 0. The molecule has 1 rings (SSSR count). The zero-order chi connectivity index (χ0) is 9.14. The Hall–Kier alpha value is -1.49. The van der Waals surface area contributed by atoms with Gasteiger partial charge in [0.15, 0.2) is 11.5 Å². The molecule has 0 saturated heterocycles. The Balaban J connectivity index is 0.00000144. The number of nitro groups is 1. The van der Waals surface area contributed by atoms with Gasteiger partial charge in [-0.15, -0.1) is 12.4 Å². The van der Waals surface area contributed by atoms with Crippen molar-refractivity contribution in [1.82, 2.24) is 0 Å². The van der Waals surface area contributed by atoms with Crippen molar-refractivity contribution in [2.24, 2.45) is 0 Å². The lowest BCUT2D eigenvalue weighted by Gasteiger charge is -2.00. The van der Waals surface area contributed by atoms with Crippen LogP contribution in [0, 0.1) is 10.1 Å². The summed E-state index contributed by atoms with van der Waals surface area (Å²) in [5, 5.41) is 19.3. The lowest BCUT2D eigenvalue weighted by Crippen LogP contribution is -1.88. The highest BCUT2D eigenvalue weighted by Gasteiger charge is 2.09. The Morgan fingerprint density at radius 1 is 1.54 bits per heavy atom. The molecule has 0 aliphatic carbocycles. The molecule has 0 fully saturated rings. The van der Waals surface area contributed by atoms with Gasteiger partial charge in [-0.1, -0.05) is 0 Å². The molecule has 0 spiro atoms. The van der Waals surface area contributed by atoms with E-state index < -0.39 is 4.92 Å². The molecule has 1 aromatic rings. The van der Waals surface area contributed by atoms with E-state index in [-0.39, 0.29) is 29.6 Å². The maximum atomic E-state index is 10.2. The minimum absolute atomic E-state index is 0. The van der Waals surface area contributed by atoms with Gasteiger partial charge in [0, 0.05) is 6.07 Å². The highest BCUT2D eigenvalue weighted by atomic mass is 35.5. The van der Waals surface area contributed by atoms with E-state index in [0.29, 0.717) is 0 Å². The zero-order valence-corrected chi connectivity index (χ0v) is 7.58. The number of phenols is 1. The number of rotatable bonds is 2. The molecule has 0 aliphatic heterocycles. The van der Waals surface area contributed by atoms with Gasteiger partial charge in [-0.3, -0.25) is 10.1 Å². The van der Waals surface area contributed by atoms with Gasteiger partial charge < -0.3 is 9.84 Å². The molecule has 0 bridgehead atoms. The third-order valence-electron chi connectivity index (χ3n) is 1.37. The molecule has 0 amide bonds. The summed E-state index contributed by atoms with van der Waals surface area (Å²) in [6, 6.07) is 3.64. The average molecular weight is 206 g/mol. The molecule has 0 unspecified atom stereocenters. The second-order valence-electron chi connectivity index (χ2n) is 2.11. The van der Waals surface area contributed by atoms with Gasteiger partial charge in [0.2, 0.25) is 0 Å². The molecule has 0 radical (unpaired) electrons. The molecule has 0 heterocycles. The van der Waals surface area contributed by atoms with Crippen molar-refractivity contribution in [2.75, 3.05) is 7.11 Å². The van der Waals surface area contributed by atoms with Crippen molar-refractivity contribution in [3.63, 3.8) is 0 Å². The van der Waals surface area contributed by atoms with Crippen LogP contribution in [0.4, 0.5) is 5.69 Å². The fourth-order valence-electron chi connectivity index (χ4n) is 0.792. The van der Waals surface area contributed by atoms with Gasteiger partial charge in [-0.05, 0) is 6.07 Å². The van der Waals surface area contributed by atoms with Crippen LogP contribution >= 0.6 is 12.4 Å². The zero-order valence-electron chi connectivity index (χ0n) is 6.76. The third-order valence-corrected chi connectivity index (χ3v) is 1.37. The highest BCUT2D eigenvalue weighted by molar-refractivity contribution is 5.85. The number of benzene rings is 1. The van der Waals surface area contributed by atoms with Crippen molar-refractivity contribution in [2.45, 2.75) is 0 Å². The first kappa shape index (κ1) is 11.5. The maximum Gasteiger partial charge on any atom is 0.273 e. The van der Waals surface area contributed by atoms with E-state index in [0.717, 1.165) is 6.07 Å². The van der Waals surface area contributed by atoms with Crippen LogP contribution in [0.5, 0.6) is 11.5 Å². The predicted octanol–water partition coefficient (Wildman–Crippen LogP) is 1.73. The van der Waals surface area contributed by atoms with Gasteiger partial charge >= 0.3 is 0 Å². The van der Waals surface area contributed by atoms with E-state index in [1.165, 1.54) is 19.2 Å². The highest BCUT2D eigenvalue weighted by Crippen LogP contribution is 2.29. The van der Waals surface area contributed by atoms with Gasteiger partial charge in [0.05, 0.1) is 18.1 Å². The van der Waals surface area contributed by atoms with Gasteiger partial charge in [0.1, 0.15) is 0 Å². The first-order valence-corrected chi connectivity index (χ1v) is 3.16. The van der Waals surface area contributed by atoms with Crippen LogP contribution in [0.25, 0.3) is 0 Å². The van der Waals surface area contributed by atoms with Crippen molar-refractivity contribution in [3.8, 4) is 11.5 Å². The Morgan fingerprint density at radius 3 is 2.54 bits per heavy atom. The van der Waals surface area contributed by atoms with Gasteiger partial charge in [0.25, 0.3) is 5.69 Å². The van der Waals surface area contributed by atoms with Crippen LogP contribution in [0.1, 0.15) is 0 Å². The van der Waals surface area contributed by atoms with Gasteiger partial charge in [-0.25, -0.2) is 0 Å². The summed E-state index contributed by atoms with van der Waals surface area (Å²) in [6.07, 6.45) is 0. The number of non-ortho nitro benzene ring substituents is 1. The Bertz CT molecular complexity index is 315. The fraction of sp³-hybridized carbons (Fsp3) is 0.143. The van der Waals surface area contributed by atoms with Crippen molar-refractivity contribution < 1.29 is 14.8 Å². The number of hydrogen-bond acceptors (Lipinski definition) is 4. The first-order valence-electron chi connectivity index (χ1n) is 3.16. The van der Waals surface area contributed by atoms with E-state index in [4.69, 9.17) is 9.84 Å². The molecule has 72 valence electrons. The number of halogens is 1. The second-order valence-corrected chi connectivity index (χ2v) is 2.11. The lowest BCUT2D eigenvalue weighted by molar-refractivity contribution is -0.385. The molecule has 13 heavy (non-hydrogen) atoms. The van der Waals surface area contributed by atoms with E-state index in [2.05, 4.69) is 0 Å². The number of methoxy groups -OCH3 is 1. The number of hydrogen-bond donors (Lipinski definition) is 1. The molecule has 5 nitrogen and oxygen atoms in total. The lowest BCUT2D eigenvalue weighted by atomic mass is 10.3. The molecular weight excluding hydrogens is 198 g/mol. The quantitative estimate of drug-likeness (QED) is 0.590. The van der Waals surface area contributed by atoms with E-state index in [1.54, 1.807) is 0 Å². The normalized spacial score (nSPS) is 8.69. The Kier molecular flexibility index (Phi) is 4.00. The van der Waals surface area contributed by atoms with Crippen LogP contribution in [0.15, 0.2) is 18.2 Å². The molecule has 6 heteroatoms. The molecule has 0 aromatic heterocycles. The van der Waals surface area contributed by atoms with Crippen LogP contribution < -0.4 is 4.74 Å². The topological polar surface area (TPSA) is 72.6 Å². The van der Waals surface area contributed by atoms with Gasteiger partial charge in [-0.2, -0.15) is 0 Å². The first-order chi connectivity index (χ1) is 5.65. The van der Waals surface area contributed by atoms with Crippen molar-refractivity contribution in [3.05, 3.63) is 28.3 Å². The number of aromatic hydroxyl groups is 1. The molecule has 0 saturated carbocycles. The molecule has 1 aromatic carbocycles. The van der Waals surface area contributed by atoms with Crippen LogP contribution in [-0.4, -0.2) is 17.1 Å². The van der Waals surface area contributed by atoms with Crippen LogP contribution in [0.2, 0.25) is 0 Å². The van der Waals surface area contributed by atoms with E-state index in [1.807, 2.05) is 0 Å². The molecule has 0 atom stereocenters. The third kappa shape index (κ3) is 2.48. The molecule has 1 N–H and O–H groups in total.